The summed E-state index contributed by atoms with van der Waals surface area (Å²) in [5, 5.41) is 12.4. The molecule has 18 heavy (non-hydrogen) atoms. The highest BCUT2D eigenvalue weighted by atomic mass is 16.5. The van der Waals surface area contributed by atoms with Gasteiger partial charge >= 0.3 is 0 Å². The molecule has 0 aromatic heterocycles. The Morgan fingerprint density at radius 2 is 2.28 bits per heavy atom. The van der Waals surface area contributed by atoms with Gasteiger partial charge in [-0.25, -0.2) is 0 Å². The molecule has 1 aliphatic rings. The van der Waals surface area contributed by atoms with Crippen LogP contribution < -0.4 is 5.32 Å². The van der Waals surface area contributed by atoms with Crippen molar-refractivity contribution in [3.05, 3.63) is 29.8 Å². The smallest absolute Gasteiger partial charge is 0.0666 e. The first kappa shape index (κ1) is 13.4. The molecule has 1 saturated carbocycles. The molecule has 2 rings (SSSR count). The molecule has 0 saturated heterocycles. The molecule has 2 N–H and O–H groups in total. The van der Waals surface area contributed by atoms with Crippen LogP contribution in [0.2, 0.25) is 0 Å². The summed E-state index contributed by atoms with van der Waals surface area (Å²) in [6, 6.07) is 8.91. The Kier molecular flexibility index (Phi) is 5.02. The highest BCUT2D eigenvalue weighted by Gasteiger charge is 2.31. The lowest BCUT2D eigenvalue weighted by Crippen LogP contribution is -2.27. The number of hydrogen-bond donors (Lipinski definition) is 2. The minimum atomic E-state index is 0.256. The molecule has 0 aliphatic heterocycles. The Hall–Kier alpha value is -1.06. The molecule has 0 heterocycles. The summed E-state index contributed by atoms with van der Waals surface area (Å²) in [5.74, 6) is 0.769. The van der Waals surface area contributed by atoms with E-state index in [0.717, 1.165) is 25.4 Å². The molecule has 1 aromatic rings. The molecule has 3 nitrogen and oxygen atoms in total. The largest absolute Gasteiger partial charge is 0.396 e. The van der Waals surface area contributed by atoms with Crippen molar-refractivity contribution in [3.8, 4) is 0 Å². The monoisotopic (exact) mass is 249 g/mol. The van der Waals surface area contributed by atoms with Crippen LogP contribution in [0.15, 0.2) is 24.3 Å². The van der Waals surface area contributed by atoms with Gasteiger partial charge in [0.1, 0.15) is 0 Å². The number of ether oxygens (including phenoxy) is 1. The zero-order chi connectivity index (χ0) is 12.8. The van der Waals surface area contributed by atoms with Crippen LogP contribution in [0, 0.1) is 5.92 Å². The molecule has 0 amide bonds. The minimum Gasteiger partial charge on any atom is -0.396 e. The van der Waals surface area contributed by atoms with E-state index >= 15 is 0 Å². The molecule has 1 fully saturated rings. The number of rotatable bonds is 8. The predicted molar refractivity (Wildman–Crippen MR) is 73.9 cm³/mol. The Balaban J connectivity index is 1.94. The summed E-state index contributed by atoms with van der Waals surface area (Å²) >= 11 is 0. The summed E-state index contributed by atoms with van der Waals surface area (Å²) in [4.78, 5) is 0. The van der Waals surface area contributed by atoms with Gasteiger partial charge in [0.25, 0.3) is 0 Å². The van der Waals surface area contributed by atoms with Crippen LogP contribution in [0.1, 0.15) is 24.8 Å². The lowest BCUT2D eigenvalue weighted by Gasteiger charge is -2.19. The van der Waals surface area contributed by atoms with Gasteiger partial charge in [0.15, 0.2) is 0 Å². The predicted octanol–water partition coefficient (Wildman–Crippen LogP) is 2.45. The summed E-state index contributed by atoms with van der Waals surface area (Å²) in [6.07, 6.45) is 4.38. The van der Waals surface area contributed by atoms with Gasteiger partial charge < -0.3 is 15.2 Å². The number of aliphatic hydroxyl groups excluding tert-OH is 1. The highest BCUT2D eigenvalue weighted by molar-refractivity contribution is 5.47. The second-order valence-electron chi connectivity index (χ2n) is 5.07. The van der Waals surface area contributed by atoms with E-state index in [1.165, 1.54) is 24.1 Å². The second kappa shape index (κ2) is 6.76. The van der Waals surface area contributed by atoms with Crippen molar-refractivity contribution in [2.45, 2.75) is 31.7 Å². The number of aliphatic hydroxyl groups is 1. The van der Waals surface area contributed by atoms with E-state index < -0.39 is 0 Å². The van der Waals surface area contributed by atoms with Crippen molar-refractivity contribution in [2.24, 2.45) is 5.92 Å². The molecule has 1 unspecified atom stereocenters. The zero-order valence-electron chi connectivity index (χ0n) is 11.1. The summed E-state index contributed by atoms with van der Waals surface area (Å²) in [5.41, 5.74) is 2.44. The number of aryl methyl sites for hydroxylation is 1. The molecule has 0 spiro atoms. The lowest BCUT2D eigenvalue weighted by atomic mass is 10.1. The molecule has 0 bridgehead atoms. The van der Waals surface area contributed by atoms with E-state index in [1.54, 1.807) is 7.11 Å². The zero-order valence-corrected chi connectivity index (χ0v) is 11.1. The van der Waals surface area contributed by atoms with Gasteiger partial charge in [-0.2, -0.15) is 0 Å². The van der Waals surface area contributed by atoms with Crippen LogP contribution in [-0.4, -0.2) is 31.5 Å². The minimum absolute atomic E-state index is 0.256. The van der Waals surface area contributed by atoms with Crippen molar-refractivity contribution >= 4 is 5.69 Å². The standard InChI is InChI=1S/C15H23NO2/c1-18-11-15(13-7-8-13)16-14-6-2-4-12(10-14)5-3-9-17/h2,4,6,10,13,15-17H,3,5,7-9,11H2,1H3. The number of methoxy groups -OCH3 is 1. The van der Waals surface area contributed by atoms with E-state index in [9.17, 15) is 0 Å². The van der Waals surface area contributed by atoms with Crippen molar-refractivity contribution in [3.63, 3.8) is 0 Å². The van der Waals surface area contributed by atoms with E-state index in [1.807, 2.05) is 0 Å². The molecular formula is C15H23NO2. The van der Waals surface area contributed by atoms with Crippen LogP contribution in [-0.2, 0) is 11.2 Å². The third kappa shape index (κ3) is 4.00. The van der Waals surface area contributed by atoms with Crippen LogP contribution in [0.25, 0.3) is 0 Å². The maximum atomic E-state index is 8.86. The van der Waals surface area contributed by atoms with E-state index in [-0.39, 0.29) is 6.61 Å². The first-order chi connectivity index (χ1) is 8.83. The van der Waals surface area contributed by atoms with E-state index in [0.29, 0.717) is 6.04 Å². The van der Waals surface area contributed by atoms with Crippen molar-refractivity contribution < 1.29 is 9.84 Å². The van der Waals surface area contributed by atoms with Gasteiger partial charge in [-0.3, -0.25) is 0 Å². The number of hydrogen-bond acceptors (Lipinski definition) is 3. The van der Waals surface area contributed by atoms with Gasteiger partial charge in [-0.1, -0.05) is 12.1 Å². The Bertz CT molecular complexity index is 363. The number of nitrogens with one attached hydrogen (secondary N) is 1. The molecule has 1 aromatic carbocycles. The Labute approximate surface area is 109 Å². The molecule has 3 heteroatoms. The molecular weight excluding hydrogens is 226 g/mol. The average molecular weight is 249 g/mol. The quantitative estimate of drug-likeness (QED) is 0.743. The third-order valence-corrected chi connectivity index (χ3v) is 3.44. The highest BCUT2D eigenvalue weighted by Crippen LogP contribution is 2.34. The van der Waals surface area contributed by atoms with Gasteiger partial charge in [-0.15, -0.1) is 0 Å². The SMILES string of the molecule is COCC(Nc1cccc(CCCO)c1)C1CC1. The van der Waals surface area contributed by atoms with Crippen LogP contribution in [0.4, 0.5) is 5.69 Å². The normalized spacial score (nSPS) is 16.6. The van der Waals surface area contributed by atoms with Crippen LogP contribution in [0.5, 0.6) is 0 Å². The fourth-order valence-electron chi connectivity index (χ4n) is 2.29. The number of anilines is 1. The topological polar surface area (TPSA) is 41.5 Å². The Morgan fingerprint density at radius 1 is 1.44 bits per heavy atom. The summed E-state index contributed by atoms with van der Waals surface area (Å²) in [7, 11) is 1.76. The van der Waals surface area contributed by atoms with Crippen molar-refractivity contribution in [1.29, 1.82) is 0 Å². The first-order valence-electron chi connectivity index (χ1n) is 6.78. The first-order valence-corrected chi connectivity index (χ1v) is 6.78. The summed E-state index contributed by atoms with van der Waals surface area (Å²) < 4.78 is 5.28. The van der Waals surface area contributed by atoms with Crippen LogP contribution >= 0.6 is 0 Å². The maximum Gasteiger partial charge on any atom is 0.0666 e. The number of benzene rings is 1. The van der Waals surface area contributed by atoms with Gasteiger partial charge in [0, 0.05) is 19.4 Å². The molecule has 1 atom stereocenters. The molecule has 1 aliphatic carbocycles. The van der Waals surface area contributed by atoms with Crippen molar-refractivity contribution in [2.75, 3.05) is 25.6 Å². The lowest BCUT2D eigenvalue weighted by molar-refractivity contribution is 0.179. The summed E-state index contributed by atoms with van der Waals surface area (Å²) in [6.45, 7) is 1.03. The molecule has 0 radical (unpaired) electrons. The maximum absolute atomic E-state index is 8.86. The second-order valence-corrected chi connectivity index (χ2v) is 5.07. The van der Waals surface area contributed by atoms with E-state index in [2.05, 4.69) is 29.6 Å². The third-order valence-electron chi connectivity index (χ3n) is 3.44. The van der Waals surface area contributed by atoms with Gasteiger partial charge in [-0.05, 0) is 49.3 Å². The van der Waals surface area contributed by atoms with E-state index in [4.69, 9.17) is 9.84 Å². The van der Waals surface area contributed by atoms with Gasteiger partial charge in [0.05, 0.1) is 12.6 Å². The van der Waals surface area contributed by atoms with Gasteiger partial charge in [0.2, 0.25) is 0 Å². The average Bonchev–Trinajstić information content (AvgIpc) is 3.21. The fourth-order valence-corrected chi connectivity index (χ4v) is 2.29. The fraction of sp³-hybridized carbons (Fsp3) is 0.600. The van der Waals surface area contributed by atoms with Crippen molar-refractivity contribution in [1.82, 2.24) is 0 Å². The van der Waals surface area contributed by atoms with Crippen LogP contribution in [0.3, 0.4) is 0 Å². The Morgan fingerprint density at radius 3 is 2.94 bits per heavy atom. The molecule has 100 valence electrons.